The normalized spacial score (nSPS) is 34.8. The average molecular weight is 209 g/mol. The van der Waals surface area contributed by atoms with Gasteiger partial charge in [-0.25, -0.2) is 4.79 Å². The molecule has 15 heavy (non-hydrogen) atoms. The predicted molar refractivity (Wildman–Crippen MR) is 59.0 cm³/mol. The number of nitrogens with one attached hydrogen (secondary N) is 3. The Kier molecular flexibility index (Phi) is 2.24. The van der Waals surface area contributed by atoms with E-state index in [2.05, 4.69) is 24.5 Å². The van der Waals surface area contributed by atoms with E-state index in [1.807, 2.05) is 0 Å². The topological polar surface area (TPSA) is 65.0 Å². The van der Waals surface area contributed by atoms with Gasteiger partial charge in [0.05, 0.1) is 5.54 Å². The van der Waals surface area contributed by atoms with Crippen LogP contribution < -0.4 is 10.6 Å². The minimum Gasteiger partial charge on any atom is -0.325 e. The quantitative estimate of drug-likeness (QED) is 0.561. The van der Waals surface area contributed by atoms with Gasteiger partial charge in [-0.2, -0.15) is 0 Å². The van der Waals surface area contributed by atoms with Crippen LogP contribution in [0, 0.1) is 10.8 Å². The molecule has 1 spiro atoms. The molecule has 4 nitrogen and oxygen atoms in total. The van der Waals surface area contributed by atoms with Crippen molar-refractivity contribution in [3.63, 3.8) is 0 Å². The third kappa shape index (κ3) is 1.85. The molecule has 4 heteroatoms. The largest absolute Gasteiger partial charge is 0.325 e. The third-order valence-corrected chi connectivity index (χ3v) is 3.76. The second kappa shape index (κ2) is 3.22. The second-order valence-electron chi connectivity index (χ2n) is 5.55. The van der Waals surface area contributed by atoms with Crippen molar-refractivity contribution in [1.29, 1.82) is 5.41 Å². The summed E-state index contributed by atoms with van der Waals surface area (Å²) in [5.74, 6) is 0.366. The maximum absolute atomic E-state index is 11.2. The van der Waals surface area contributed by atoms with Gasteiger partial charge in [-0.05, 0) is 31.1 Å². The Morgan fingerprint density at radius 3 is 2.53 bits per heavy atom. The molecule has 0 aromatic rings. The fourth-order valence-electron chi connectivity index (χ4n) is 2.59. The molecule has 2 fully saturated rings. The van der Waals surface area contributed by atoms with Crippen molar-refractivity contribution in [3.8, 4) is 0 Å². The van der Waals surface area contributed by atoms with Crippen molar-refractivity contribution in [1.82, 2.24) is 10.6 Å². The zero-order chi connectivity index (χ0) is 11.1. The average Bonchev–Trinajstić information content (AvgIpc) is 2.28. The number of carbonyl (C=O) groups excluding carboxylic acids is 1. The summed E-state index contributed by atoms with van der Waals surface area (Å²) in [5.41, 5.74) is -0.0397. The zero-order valence-electron chi connectivity index (χ0n) is 9.44. The summed E-state index contributed by atoms with van der Waals surface area (Å²) >= 11 is 0. The number of hydrogen-bond donors (Lipinski definition) is 3. The molecule has 1 heterocycles. The van der Waals surface area contributed by atoms with Crippen LogP contribution in [0.5, 0.6) is 0 Å². The van der Waals surface area contributed by atoms with Crippen LogP contribution in [0.3, 0.4) is 0 Å². The van der Waals surface area contributed by atoms with Crippen LogP contribution >= 0.6 is 0 Å². The molecule has 3 N–H and O–H groups in total. The van der Waals surface area contributed by atoms with E-state index in [0.29, 0.717) is 11.3 Å². The van der Waals surface area contributed by atoms with Crippen LogP contribution in [0.15, 0.2) is 0 Å². The summed E-state index contributed by atoms with van der Waals surface area (Å²) in [6.07, 6.45) is 5.11. The first-order valence-electron chi connectivity index (χ1n) is 5.62. The lowest BCUT2D eigenvalue weighted by atomic mass is 9.83. The minimum atomic E-state index is -0.384. The van der Waals surface area contributed by atoms with E-state index in [9.17, 15) is 4.79 Å². The molecule has 2 amide bonds. The van der Waals surface area contributed by atoms with Gasteiger partial charge in [0.2, 0.25) is 0 Å². The highest BCUT2D eigenvalue weighted by Crippen LogP contribution is 2.39. The van der Waals surface area contributed by atoms with E-state index in [1.165, 1.54) is 6.42 Å². The first kappa shape index (κ1) is 10.5. The first-order valence-corrected chi connectivity index (χ1v) is 5.62. The summed E-state index contributed by atoms with van der Waals surface area (Å²) < 4.78 is 0. The van der Waals surface area contributed by atoms with E-state index >= 15 is 0 Å². The van der Waals surface area contributed by atoms with Gasteiger partial charge >= 0.3 is 6.03 Å². The van der Waals surface area contributed by atoms with E-state index in [4.69, 9.17) is 5.41 Å². The molecule has 0 bridgehead atoms. The first-order chi connectivity index (χ1) is 6.94. The molecule has 0 radical (unpaired) electrons. The monoisotopic (exact) mass is 209 g/mol. The minimum absolute atomic E-state index is 0.209. The van der Waals surface area contributed by atoms with Crippen molar-refractivity contribution in [3.05, 3.63) is 0 Å². The van der Waals surface area contributed by atoms with Crippen LogP contribution in [0.1, 0.15) is 46.0 Å². The molecular weight excluding hydrogens is 190 g/mol. The van der Waals surface area contributed by atoms with Gasteiger partial charge in [-0.15, -0.1) is 0 Å². The molecule has 1 aliphatic heterocycles. The smallest absolute Gasteiger partial charge is 0.321 e. The lowest BCUT2D eigenvalue weighted by molar-refractivity contribution is 0.242. The molecule has 2 rings (SSSR count). The van der Waals surface area contributed by atoms with Crippen molar-refractivity contribution in [2.75, 3.05) is 0 Å². The maximum Gasteiger partial charge on any atom is 0.321 e. The van der Waals surface area contributed by atoms with E-state index < -0.39 is 0 Å². The lowest BCUT2D eigenvalue weighted by Gasteiger charge is -2.27. The summed E-state index contributed by atoms with van der Waals surface area (Å²) in [4.78, 5) is 11.2. The summed E-state index contributed by atoms with van der Waals surface area (Å²) in [6.45, 7) is 4.53. The van der Waals surface area contributed by atoms with Crippen molar-refractivity contribution >= 4 is 11.9 Å². The molecule has 0 aromatic carbocycles. The van der Waals surface area contributed by atoms with Gasteiger partial charge in [0.1, 0.15) is 5.84 Å². The molecule has 1 atom stereocenters. The molecule has 0 aromatic heterocycles. The fraction of sp³-hybridized carbons (Fsp3) is 0.818. The van der Waals surface area contributed by atoms with Gasteiger partial charge in [-0.3, -0.25) is 10.7 Å². The van der Waals surface area contributed by atoms with Crippen LogP contribution in [-0.2, 0) is 0 Å². The number of rotatable bonds is 0. The molecule has 1 unspecified atom stereocenters. The zero-order valence-corrected chi connectivity index (χ0v) is 9.44. The van der Waals surface area contributed by atoms with Gasteiger partial charge < -0.3 is 5.32 Å². The number of amidine groups is 1. The van der Waals surface area contributed by atoms with Gasteiger partial charge in [0, 0.05) is 0 Å². The Bertz CT molecular complexity index is 311. The molecule has 1 saturated carbocycles. The molecule has 2 aliphatic rings. The molecular formula is C11H19N3O. The van der Waals surface area contributed by atoms with Crippen LogP contribution in [0.4, 0.5) is 4.79 Å². The fourth-order valence-corrected chi connectivity index (χ4v) is 2.59. The van der Waals surface area contributed by atoms with E-state index in [0.717, 1.165) is 25.7 Å². The predicted octanol–water partition coefficient (Wildman–Crippen LogP) is 2.01. The van der Waals surface area contributed by atoms with Crippen LogP contribution in [0.2, 0.25) is 0 Å². The standard InChI is InChI=1S/C11H19N3O/c1-10(2)4-3-5-11(7-6-10)8(12)13-9(15)14-11/h3-7H2,1-2H3,(H3,12,13,14,15). The molecule has 1 saturated heterocycles. The van der Waals surface area contributed by atoms with E-state index in [-0.39, 0.29) is 11.6 Å². The van der Waals surface area contributed by atoms with Gasteiger partial charge in [0.15, 0.2) is 0 Å². The SMILES string of the molecule is CC1(C)CCCC2(CC1)NC(=O)NC2=N. The number of carbonyl (C=O) groups is 1. The van der Waals surface area contributed by atoms with Crippen molar-refractivity contribution < 1.29 is 4.79 Å². The second-order valence-corrected chi connectivity index (χ2v) is 5.55. The van der Waals surface area contributed by atoms with Gasteiger partial charge in [0.25, 0.3) is 0 Å². The third-order valence-electron chi connectivity index (χ3n) is 3.76. The number of hydrogen-bond acceptors (Lipinski definition) is 2. The van der Waals surface area contributed by atoms with Crippen LogP contribution in [0.25, 0.3) is 0 Å². The maximum atomic E-state index is 11.2. The van der Waals surface area contributed by atoms with Crippen molar-refractivity contribution in [2.24, 2.45) is 5.41 Å². The Hall–Kier alpha value is -1.06. The van der Waals surface area contributed by atoms with E-state index in [1.54, 1.807) is 0 Å². The highest BCUT2D eigenvalue weighted by atomic mass is 16.2. The summed E-state index contributed by atoms with van der Waals surface area (Å²) in [5, 5.41) is 13.3. The molecule has 1 aliphatic carbocycles. The lowest BCUT2D eigenvalue weighted by Crippen LogP contribution is -2.46. The highest BCUT2D eigenvalue weighted by Gasteiger charge is 2.44. The summed E-state index contributed by atoms with van der Waals surface area (Å²) in [7, 11) is 0. The Morgan fingerprint density at radius 2 is 1.93 bits per heavy atom. The number of amides is 2. The Labute approximate surface area is 90.3 Å². The van der Waals surface area contributed by atoms with Crippen molar-refractivity contribution in [2.45, 2.75) is 51.5 Å². The molecule has 84 valence electrons. The summed E-state index contributed by atoms with van der Waals surface area (Å²) in [6, 6.07) is -0.209. The number of urea groups is 1. The highest BCUT2D eigenvalue weighted by molar-refractivity contribution is 6.08. The van der Waals surface area contributed by atoms with Crippen LogP contribution in [-0.4, -0.2) is 17.4 Å². The Balaban J connectivity index is 2.16. The van der Waals surface area contributed by atoms with Gasteiger partial charge in [-0.1, -0.05) is 20.3 Å². The Morgan fingerprint density at radius 1 is 1.20 bits per heavy atom.